The molecule has 0 amide bonds. The van der Waals surface area contributed by atoms with Gasteiger partial charge in [-0.25, -0.2) is 13.4 Å². The van der Waals surface area contributed by atoms with Gasteiger partial charge in [0.1, 0.15) is 0 Å². The smallest absolute Gasteiger partial charge is 0.243 e. The molecule has 0 aliphatic carbocycles. The van der Waals surface area contributed by atoms with Crippen molar-refractivity contribution in [3.63, 3.8) is 0 Å². The molecule has 0 N–H and O–H groups in total. The van der Waals surface area contributed by atoms with Crippen molar-refractivity contribution in [2.24, 2.45) is 0 Å². The Hall–Kier alpha value is -1.96. The molecule has 6 nitrogen and oxygen atoms in total. The topological polar surface area (TPSA) is 62.7 Å². The summed E-state index contributed by atoms with van der Waals surface area (Å²) in [7, 11) is -1.87. The van der Waals surface area contributed by atoms with Gasteiger partial charge < -0.3 is 4.74 Å². The molecule has 1 aromatic carbocycles. The lowest BCUT2D eigenvalue weighted by atomic mass is 9.99. The summed E-state index contributed by atoms with van der Waals surface area (Å²) in [5.41, 5.74) is 1.73. The van der Waals surface area contributed by atoms with Crippen LogP contribution in [0.2, 0.25) is 0 Å². The quantitative estimate of drug-likeness (QED) is 0.771. The van der Waals surface area contributed by atoms with Gasteiger partial charge >= 0.3 is 0 Å². The highest BCUT2D eigenvalue weighted by Crippen LogP contribution is 2.31. The fourth-order valence-corrected chi connectivity index (χ4v) is 5.73. The summed E-state index contributed by atoms with van der Waals surface area (Å²) < 4.78 is 32.8. The molecule has 1 atom stereocenters. The molecule has 2 aliphatic rings. The van der Waals surface area contributed by atoms with E-state index in [9.17, 15) is 8.42 Å². The zero-order chi connectivity index (χ0) is 19.7. The van der Waals surface area contributed by atoms with Crippen LogP contribution < -0.4 is 4.74 Å². The Morgan fingerprint density at radius 2 is 1.86 bits per heavy atom. The first-order valence-corrected chi connectivity index (χ1v) is 11.3. The molecule has 2 fully saturated rings. The molecular formula is C21H27N3O3S. The maximum Gasteiger partial charge on any atom is 0.243 e. The summed E-state index contributed by atoms with van der Waals surface area (Å²) in [6.07, 6.45) is 5.38. The Morgan fingerprint density at radius 3 is 2.54 bits per heavy atom. The van der Waals surface area contributed by atoms with Crippen LogP contribution in [0.4, 0.5) is 0 Å². The molecule has 0 bridgehead atoms. The average molecular weight is 402 g/mol. The number of pyridine rings is 1. The maximum absolute atomic E-state index is 13.0. The summed E-state index contributed by atoms with van der Waals surface area (Å²) in [5.74, 6) is 0.527. The largest absolute Gasteiger partial charge is 0.481 e. The second-order valence-electron chi connectivity index (χ2n) is 7.64. The fraction of sp³-hybridized carbons (Fsp3) is 0.476. The zero-order valence-corrected chi connectivity index (χ0v) is 17.2. The summed E-state index contributed by atoms with van der Waals surface area (Å²) >= 11 is 0. The van der Waals surface area contributed by atoms with Crippen LogP contribution in [0.5, 0.6) is 5.88 Å². The lowest BCUT2D eigenvalue weighted by Crippen LogP contribution is -2.63. The lowest BCUT2D eigenvalue weighted by molar-refractivity contribution is 0.0360. The number of benzene rings is 1. The van der Waals surface area contributed by atoms with Crippen molar-refractivity contribution >= 4 is 10.0 Å². The van der Waals surface area contributed by atoms with E-state index in [1.165, 1.54) is 19.3 Å². The number of likely N-dealkylation sites (tertiary alicyclic amines) is 1. The van der Waals surface area contributed by atoms with Crippen LogP contribution in [0, 0.1) is 0 Å². The van der Waals surface area contributed by atoms with Gasteiger partial charge in [-0.3, -0.25) is 4.90 Å². The van der Waals surface area contributed by atoms with Crippen LogP contribution in [0.1, 0.15) is 26.2 Å². The van der Waals surface area contributed by atoms with Gasteiger partial charge in [-0.2, -0.15) is 4.31 Å². The minimum Gasteiger partial charge on any atom is -0.481 e. The zero-order valence-electron chi connectivity index (χ0n) is 16.4. The second kappa shape index (κ2) is 7.81. The molecule has 2 aliphatic heterocycles. The van der Waals surface area contributed by atoms with E-state index in [4.69, 9.17) is 4.74 Å². The summed E-state index contributed by atoms with van der Waals surface area (Å²) in [6.45, 7) is 4.51. The van der Waals surface area contributed by atoms with Gasteiger partial charge in [0.15, 0.2) is 0 Å². The van der Waals surface area contributed by atoms with E-state index in [0.29, 0.717) is 35.9 Å². The molecule has 28 heavy (non-hydrogen) atoms. The number of methoxy groups -OCH3 is 1. The molecule has 1 unspecified atom stereocenters. The summed E-state index contributed by atoms with van der Waals surface area (Å²) in [5, 5.41) is 0. The normalized spacial score (nSPS) is 22.0. The minimum absolute atomic E-state index is 0.337. The number of nitrogens with zero attached hydrogens (tertiary/aromatic N) is 3. The molecule has 2 saturated heterocycles. The Morgan fingerprint density at radius 1 is 1.11 bits per heavy atom. The number of ether oxygens (including phenoxy) is 1. The first kappa shape index (κ1) is 19.4. The van der Waals surface area contributed by atoms with E-state index in [1.54, 1.807) is 29.7 Å². The highest BCUT2D eigenvalue weighted by molar-refractivity contribution is 7.89. The SMILES string of the molecule is COc1ncccc1-c1ccc(S(=O)(=O)N2CC(N3CCCCC3C)C2)cc1. The van der Waals surface area contributed by atoms with Crippen molar-refractivity contribution in [2.45, 2.75) is 43.2 Å². The van der Waals surface area contributed by atoms with Crippen molar-refractivity contribution in [3.8, 4) is 17.0 Å². The highest BCUT2D eigenvalue weighted by Gasteiger charge is 2.41. The summed E-state index contributed by atoms with van der Waals surface area (Å²) in [6, 6.07) is 11.6. The highest BCUT2D eigenvalue weighted by atomic mass is 32.2. The van der Waals surface area contributed by atoms with Gasteiger partial charge in [-0.05, 0) is 56.1 Å². The van der Waals surface area contributed by atoms with Crippen molar-refractivity contribution in [1.29, 1.82) is 0 Å². The molecular weight excluding hydrogens is 374 g/mol. The van der Waals surface area contributed by atoms with Crippen LogP contribution in [-0.4, -0.2) is 61.4 Å². The molecule has 0 radical (unpaired) electrons. The van der Waals surface area contributed by atoms with Crippen LogP contribution in [0.15, 0.2) is 47.5 Å². The molecule has 150 valence electrons. The standard InChI is InChI=1S/C21H27N3O3S/c1-16-6-3-4-13-24(16)18-14-23(15-18)28(25,26)19-10-8-17(9-11-19)20-7-5-12-22-21(20)27-2/h5,7-12,16,18H,3-4,6,13-15H2,1-2H3. The number of hydrogen-bond donors (Lipinski definition) is 0. The first-order valence-electron chi connectivity index (χ1n) is 9.86. The van der Waals surface area contributed by atoms with Crippen LogP contribution in [0.25, 0.3) is 11.1 Å². The van der Waals surface area contributed by atoms with E-state index in [1.807, 2.05) is 24.3 Å². The third kappa shape index (κ3) is 3.54. The van der Waals surface area contributed by atoms with Crippen molar-refractivity contribution in [2.75, 3.05) is 26.7 Å². The van der Waals surface area contributed by atoms with Crippen molar-refractivity contribution in [3.05, 3.63) is 42.6 Å². The van der Waals surface area contributed by atoms with Crippen molar-refractivity contribution < 1.29 is 13.2 Å². The third-order valence-corrected chi connectivity index (χ3v) is 7.77. The molecule has 7 heteroatoms. The first-order chi connectivity index (χ1) is 13.5. The predicted molar refractivity (Wildman–Crippen MR) is 109 cm³/mol. The number of rotatable bonds is 5. The van der Waals surface area contributed by atoms with Crippen LogP contribution in [-0.2, 0) is 10.0 Å². The van der Waals surface area contributed by atoms with Gasteiger partial charge in [0, 0.05) is 36.9 Å². The number of sulfonamides is 1. The second-order valence-corrected chi connectivity index (χ2v) is 9.58. The Labute approximate surface area is 167 Å². The van der Waals surface area contributed by atoms with Gasteiger partial charge in [0.2, 0.25) is 15.9 Å². The average Bonchev–Trinajstić information content (AvgIpc) is 2.68. The van der Waals surface area contributed by atoms with Gasteiger partial charge in [-0.15, -0.1) is 0 Å². The third-order valence-electron chi connectivity index (χ3n) is 5.92. The van der Waals surface area contributed by atoms with E-state index in [2.05, 4.69) is 16.8 Å². The minimum atomic E-state index is -3.45. The predicted octanol–water partition coefficient (Wildman–Crippen LogP) is 3.00. The number of aromatic nitrogens is 1. The lowest BCUT2D eigenvalue weighted by Gasteiger charge is -2.48. The van der Waals surface area contributed by atoms with E-state index in [0.717, 1.165) is 17.7 Å². The van der Waals surface area contributed by atoms with E-state index >= 15 is 0 Å². The number of piperidine rings is 1. The Balaban J connectivity index is 1.47. The molecule has 0 spiro atoms. The molecule has 1 aromatic heterocycles. The van der Waals surface area contributed by atoms with Gasteiger partial charge in [-0.1, -0.05) is 18.6 Å². The molecule has 3 heterocycles. The van der Waals surface area contributed by atoms with Gasteiger partial charge in [0.25, 0.3) is 0 Å². The van der Waals surface area contributed by atoms with Gasteiger partial charge in [0.05, 0.1) is 12.0 Å². The van der Waals surface area contributed by atoms with E-state index in [-0.39, 0.29) is 0 Å². The fourth-order valence-electron chi connectivity index (χ4n) is 4.21. The maximum atomic E-state index is 13.0. The van der Waals surface area contributed by atoms with Crippen molar-refractivity contribution in [1.82, 2.24) is 14.2 Å². The Bertz CT molecular complexity index is 924. The van der Waals surface area contributed by atoms with Crippen LogP contribution in [0.3, 0.4) is 0 Å². The summed E-state index contributed by atoms with van der Waals surface area (Å²) in [4.78, 5) is 7.02. The van der Waals surface area contributed by atoms with E-state index < -0.39 is 10.0 Å². The van der Waals surface area contributed by atoms with Crippen LogP contribution >= 0.6 is 0 Å². The number of hydrogen-bond acceptors (Lipinski definition) is 5. The molecule has 0 saturated carbocycles. The monoisotopic (exact) mass is 401 g/mol. The molecule has 4 rings (SSSR count). The Kier molecular flexibility index (Phi) is 5.40. The molecule has 2 aromatic rings.